The maximum atomic E-state index is 13.7. The molecule has 0 saturated heterocycles. The zero-order valence-electron chi connectivity index (χ0n) is 21.1. The number of aliphatic hydroxyl groups excluding tert-OH is 1. The monoisotopic (exact) mass is 492 g/mol. The van der Waals surface area contributed by atoms with Crippen LogP contribution in [0, 0.1) is 0 Å². The average molecular weight is 493 g/mol. The number of methoxy groups -OCH3 is 2. The van der Waals surface area contributed by atoms with Crippen molar-refractivity contribution in [2.75, 3.05) is 40.4 Å². The predicted molar refractivity (Wildman–Crippen MR) is 137 cm³/mol. The van der Waals surface area contributed by atoms with E-state index in [4.69, 9.17) is 13.9 Å². The normalized spacial score (nSPS) is 15.9. The Morgan fingerprint density at radius 1 is 1.08 bits per heavy atom. The van der Waals surface area contributed by atoms with Crippen molar-refractivity contribution in [1.29, 1.82) is 0 Å². The third-order valence-corrected chi connectivity index (χ3v) is 6.70. The minimum absolute atomic E-state index is 0.00558. The van der Waals surface area contributed by atoms with E-state index in [0.29, 0.717) is 41.0 Å². The zero-order valence-corrected chi connectivity index (χ0v) is 21.1. The number of furan rings is 1. The molecular formula is C28H32N2O6. The van der Waals surface area contributed by atoms with E-state index in [0.717, 1.165) is 19.6 Å². The largest absolute Gasteiger partial charge is 0.503 e. The van der Waals surface area contributed by atoms with Crippen LogP contribution in [0.4, 0.5) is 0 Å². The third kappa shape index (κ3) is 4.68. The van der Waals surface area contributed by atoms with E-state index < -0.39 is 23.5 Å². The molecule has 1 aliphatic rings. The first-order chi connectivity index (χ1) is 17.4. The minimum Gasteiger partial charge on any atom is -0.503 e. The summed E-state index contributed by atoms with van der Waals surface area (Å²) in [6.07, 6.45) is 0.705. The number of benzene rings is 2. The lowest BCUT2D eigenvalue weighted by atomic mass is 9.95. The second-order valence-corrected chi connectivity index (χ2v) is 8.64. The highest BCUT2D eigenvalue weighted by Crippen LogP contribution is 2.40. The smallest absolute Gasteiger partial charge is 0.290 e. The second kappa shape index (κ2) is 10.9. The molecule has 4 rings (SSSR count). The van der Waals surface area contributed by atoms with Crippen LogP contribution >= 0.6 is 0 Å². The summed E-state index contributed by atoms with van der Waals surface area (Å²) >= 11 is 0. The minimum atomic E-state index is -0.747. The van der Waals surface area contributed by atoms with E-state index in [9.17, 15) is 14.7 Å². The van der Waals surface area contributed by atoms with Gasteiger partial charge in [0.05, 0.1) is 25.8 Å². The Morgan fingerprint density at radius 3 is 2.44 bits per heavy atom. The van der Waals surface area contributed by atoms with Crippen LogP contribution in [0.1, 0.15) is 42.4 Å². The number of hydrogen-bond donors (Lipinski definition) is 1. The Morgan fingerprint density at radius 2 is 1.81 bits per heavy atom. The highest BCUT2D eigenvalue weighted by molar-refractivity contribution is 6.16. The zero-order chi connectivity index (χ0) is 25.8. The van der Waals surface area contributed by atoms with E-state index in [1.807, 2.05) is 18.2 Å². The molecule has 0 unspecified atom stereocenters. The Hall–Kier alpha value is -3.78. The van der Waals surface area contributed by atoms with Crippen molar-refractivity contribution in [1.82, 2.24) is 9.80 Å². The molecule has 0 fully saturated rings. The maximum absolute atomic E-state index is 13.7. The Labute approximate surface area is 210 Å². The van der Waals surface area contributed by atoms with Crippen molar-refractivity contribution in [3.8, 4) is 11.5 Å². The highest BCUT2D eigenvalue weighted by Gasteiger charge is 2.44. The van der Waals surface area contributed by atoms with Gasteiger partial charge in [-0.25, -0.2) is 0 Å². The molecule has 1 amide bonds. The van der Waals surface area contributed by atoms with Gasteiger partial charge < -0.3 is 28.8 Å². The third-order valence-electron chi connectivity index (χ3n) is 6.70. The number of carbonyl (C=O) groups is 2. The van der Waals surface area contributed by atoms with Gasteiger partial charge in [0.15, 0.2) is 22.9 Å². The number of aliphatic hydroxyl groups is 1. The number of rotatable bonds is 11. The molecule has 36 heavy (non-hydrogen) atoms. The molecule has 2 aromatic carbocycles. The number of ketones is 1. The van der Waals surface area contributed by atoms with E-state index in [-0.39, 0.29) is 11.3 Å². The van der Waals surface area contributed by atoms with Crippen LogP contribution in [0.3, 0.4) is 0 Å². The Kier molecular flexibility index (Phi) is 7.64. The van der Waals surface area contributed by atoms with Crippen LogP contribution in [0.25, 0.3) is 11.0 Å². The molecule has 8 heteroatoms. The van der Waals surface area contributed by atoms with Crippen LogP contribution in [0.2, 0.25) is 0 Å². The van der Waals surface area contributed by atoms with Crippen molar-refractivity contribution >= 4 is 22.7 Å². The van der Waals surface area contributed by atoms with Crippen LogP contribution in [-0.4, -0.2) is 67.0 Å². The van der Waals surface area contributed by atoms with Crippen LogP contribution < -0.4 is 9.47 Å². The topological polar surface area (TPSA) is 92.5 Å². The molecule has 3 aromatic rings. The van der Waals surface area contributed by atoms with Gasteiger partial charge in [-0.2, -0.15) is 0 Å². The molecule has 1 atom stereocenters. The standard InChI is InChI=1S/C28H32N2O6/c1-5-29(6-2)15-8-16-30-24(18-11-13-20(34-3)14-12-18)23(26(32)28(30)33)25(31)22-17-19-9-7-10-21(35-4)27(19)36-22/h7,9-14,17,24,32H,5-6,8,15-16H2,1-4H3/t24-/m1/s1. The lowest BCUT2D eigenvalue weighted by Gasteiger charge is -2.28. The van der Waals surface area contributed by atoms with Crippen molar-refractivity contribution in [3.63, 3.8) is 0 Å². The van der Waals surface area contributed by atoms with Gasteiger partial charge in [0.25, 0.3) is 5.91 Å². The molecule has 0 aliphatic carbocycles. The summed E-state index contributed by atoms with van der Waals surface area (Å²) in [5.74, 6) is -0.458. The van der Waals surface area contributed by atoms with Gasteiger partial charge >= 0.3 is 0 Å². The Balaban J connectivity index is 1.72. The molecule has 2 heterocycles. The highest BCUT2D eigenvalue weighted by atomic mass is 16.5. The van der Waals surface area contributed by atoms with E-state index >= 15 is 0 Å². The van der Waals surface area contributed by atoms with Crippen molar-refractivity contribution in [3.05, 3.63) is 71.2 Å². The second-order valence-electron chi connectivity index (χ2n) is 8.64. The van der Waals surface area contributed by atoms with Crippen molar-refractivity contribution < 1.29 is 28.6 Å². The number of ether oxygens (including phenoxy) is 2. The summed E-state index contributed by atoms with van der Waals surface area (Å²) in [6.45, 7) is 7.21. The average Bonchev–Trinajstić information content (AvgIpc) is 3.45. The molecule has 8 nitrogen and oxygen atoms in total. The number of hydrogen-bond acceptors (Lipinski definition) is 7. The molecule has 1 N–H and O–H groups in total. The van der Waals surface area contributed by atoms with Gasteiger partial charge in [-0.3, -0.25) is 9.59 Å². The van der Waals surface area contributed by atoms with Crippen molar-refractivity contribution in [2.24, 2.45) is 0 Å². The summed E-state index contributed by atoms with van der Waals surface area (Å²) in [5.41, 5.74) is 1.14. The summed E-state index contributed by atoms with van der Waals surface area (Å²) in [6, 6.07) is 13.4. The molecule has 0 bridgehead atoms. The first kappa shape index (κ1) is 25.3. The lowest BCUT2D eigenvalue weighted by molar-refractivity contribution is -0.129. The fourth-order valence-corrected chi connectivity index (χ4v) is 4.70. The molecular weight excluding hydrogens is 460 g/mol. The van der Waals surface area contributed by atoms with Crippen LogP contribution in [-0.2, 0) is 4.79 Å². The van der Waals surface area contributed by atoms with Gasteiger partial charge in [-0.1, -0.05) is 38.1 Å². The summed E-state index contributed by atoms with van der Waals surface area (Å²) in [5, 5.41) is 11.6. The van der Waals surface area contributed by atoms with Gasteiger partial charge in [-0.15, -0.1) is 0 Å². The predicted octanol–water partition coefficient (Wildman–Crippen LogP) is 4.76. The van der Waals surface area contributed by atoms with E-state index in [1.165, 1.54) is 7.11 Å². The van der Waals surface area contributed by atoms with Gasteiger partial charge in [0.1, 0.15) is 5.75 Å². The number of Topliss-reactive ketones (excluding diaryl/α,β-unsaturated/α-hetero) is 1. The van der Waals surface area contributed by atoms with Crippen LogP contribution in [0.15, 0.2) is 64.3 Å². The first-order valence-corrected chi connectivity index (χ1v) is 12.1. The summed E-state index contributed by atoms with van der Waals surface area (Å²) < 4.78 is 16.5. The molecule has 0 spiro atoms. The van der Waals surface area contributed by atoms with Gasteiger partial charge in [0, 0.05) is 11.9 Å². The number of amides is 1. The van der Waals surface area contributed by atoms with Crippen LogP contribution in [0.5, 0.6) is 11.5 Å². The lowest BCUT2D eigenvalue weighted by Crippen LogP contribution is -2.34. The molecule has 1 aromatic heterocycles. The van der Waals surface area contributed by atoms with Gasteiger partial charge in [0.2, 0.25) is 5.78 Å². The molecule has 0 radical (unpaired) electrons. The fraction of sp³-hybridized carbons (Fsp3) is 0.357. The molecule has 1 aliphatic heterocycles. The number of para-hydroxylation sites is 1. The number of carbonyl (C=O) groups excluding carboxylic acids is 2. The molecule has 0 saturated carbocycles. The fourth-order valence-electron chi connectivity index (χ4n) is 4.70. The SMILES string of the molecule is CCN(CC)CCCN1C(=O)C(O)=C(C(=O)c2cc3cccc(OC)c3o2)[C@H]1c1ccc(OC)cc1. The maximum Gasteiger partial charge on any atom is 0.290 e. The quantitative estimate of drug-likeness (QED) is 0.386. The molecule has 190 valence electrons. The number of fused-ring (bicyclic) bond motifs is 1. The van der Waals surface area contributed by atoms with E-state index in [1.54, 1.807) is 42.3 Å². The Bertz CT molecular complexity index is 1270. The summed E-state index contributed by atoms with van der Waals surface area (Å²) in [7, 11) is 3.10. The summed E-state index contributed by atoms with van der Waals surface area (Å²) in [4.78, 5) is 30.8. The first-order valence-electron chi connectivity index (χ1n) is 12.1. The number of nitrogens with zero attached hydrogens (tertiary/aromatic N) is 2. The van der Waals surface area contributed by atoms with Gasteiger partial charge in [-0.05, 0) is 55.9 Å². The van der Waals surface area contributed by atoms with E-state index in [2.05, 4.69) is 18.7 Å². The van der Waals surface area contributed by atoms with Crippen molar-refractivity contribution in [2.45, 2.75) is 26.3 Å².